The van der Waals surface area contributed by atoms with Crippen molar-refractivity contribution in [2.75, 3.05) is 7.11 Å². The van der Waals surface area contributed by atoms with Crippen LogP contribution in [0.1, 0.15) is 23.6 Å². The van der Waals surface area contributed by atoms with Crippen LogP contribution in [0.4, 0.5) is 4.39 Å². The lowest BCUT2D eigenvalue weighted by molar-refractivity contribution is -0.116. The van der Waals surface area contributed by atoms with E-state index in [1.54, 1.807) is 37.6 Å². The minimum absolute atomic E-state index is 0.269. The number of aryl methyl sites for hydroxylation is 1. The lowest BCUT2D eigenvalue weighted by Gasteiger charge is -2.13. The third kappa shape index (κ3) is 4.81. The van der Waals surface area contributed by atoms with Crippen LogP contribution in [0.3, 0.4) is 0 Å². The molecule has 0 fully saturated rings. The number of carbonyl (C=O) groups excluding carboxylic acids is 1. The van der Waals surface area contributed by atoms with Crippen LogP contribution in [-0.4, -0.2) is 13.0 Å². The SMILES string of the molecule is COc1c(/C(C)=C/C(=O)NCc2ccc(F)cc2)cc2c(-c3ccc(Cl)cc3Cl)coc2c1C. The first kappa shape index (κ1) is 23.9. The van der Waals surface area contributed by atoms with Crippen LogP contribution in [0.25, 0.3) is 27.7 Å². The Balaban J connectivity index is 1.70. The Morgan fingerprint density at radius 1 is 1.12 bits per heavy atom. The van der Waals surface area contributed by atoms with Crippen LogP contribution in [0.15, 0.2) is 65.3 Å². The molecule has 4 aromatic rings. The van der Waals surface area contributed by atoms with Gasteiger partial charge in [-0.1, -0.05) is 41.4 Å². The third-order valence-corrected chi connectivity index (χ3v) is 6.17. The highest BCUT2D eigenvalue weighted by Crippen LogP contribution is 2.42. The minimum atomic E-state index is -0.317. The van der Waals surface area contributed by atoms with E-state index >= 15 is 0 Å². The molecule has 0 saturated carbocycles. The molecule has 0 bridgehead atoms. The number of hydrogen-bond donors (Lipinski definition) is 1. The van der Waals surface area contributed by atoms with Gasteiger partial charge in [-0.3, -0.25) is 4.79 Å². The molecule has 0 atom stereocenters. The number of nitrogens with one attached hydrogen (secondary N) is 1. The molecule has 0 aliphatic heterocycles. The lowest BCUT2D eigenvalue weighted by Crippen LogP contribution is -2.20. The van der Waals surface area contributed by atoms with Gasteiger partial charge < -0.3 is 14.5 Å². The summed E-state index contributed by atoms with van der Waals surface area (Å²) >= 11 is 12.5. The number of ether oxygens (including phenoxy) is 1. The molecule has 1 amide bonds. The Hall–Kier alpha value is -3.28. The number of rotatable bonds is 6. The van der Waals surface area contributed by atoms with Gasteiger partial charge in [-0.2, -0.15) is 0 Å². The van der Waals surface area contributed by atoms with Crippen molar-refractivity contribution in [3.8, 4) is 16.9 Å². The second-order valence-corrected chi connectivity index (χ2v) is 8.75. The van der Waals surface area contributed by atoms with E-state index in [1.165, 1.54) is 18.2 Å². The van der Waals surface area contributed by atoms with E-state index in [0.29, 0.717) is 33.5 Å². The maximum atomic E-state index is 13.1. The number of hydrogen-bond acceptors (Lipinski definition) is 3. The van der Waals surface area contributed by atoms with E-state index < -0.39 is 0 Å². The Morgan fingerprint density at radius 3 is 2.53 bits per heavy atom. The summed E-state index contributed by atoms with van der Waals surface area (Å²) in [7, 11) is 1.58. The van der Waals surface area contributed by atoms with Gasteiger partial charge in [0.05, 0.1) is 18.4 Å². The van der Waals surface area contributed by atoms with Gasteiger partial charge in [0, 0.05) is 45.3 Å². The molecule has 1 N–H and O–H groups in total. The predicted molar refractivity (Wildman–Crippen MR) is 135 cm³/mol. The van der Waals surface area contributed by atoms with Crippen LogP contribution in [0, 0.1) is 12.7 Å². The van der Waals surface area contributed by atoms with Crippen molar-refractivity contribution >= 4 is 45.7 Å². The quantitative estimate of drug-likeness (QED) is 0.279. The highest BCUT2D eigenvalue weighted by Gasteiger charge is 2.20. The number of fused-ring (bicyclic) bond motifs is 1. The van der Waals surface area contributed by atoms with Crippen LogP contribution < -0.4 is 10.1 Å². The van der Waals surface area contributed by atoms with Crippen molar-refractivity contribution in [3.63, 3.8) is 0 Å². The van der Waals surface area contributed by atoms with Gasteiger partial charge in [0.1, 0.15) is 17.1 Å². The fraction of sp³-hybridized carbons (Fsp3) is 0.148. The fourth-order valence-electron chi connectivity index (χ4n) is 3.91. The lowest BCUT2D eigenvalue weighted by atomic mass is 9.96. The molecule has 0 radical (unpaired) electrons. The third-order valence-electron chi connectivity index (χ3n) is 5.62. The molecule has 34 heavy (non-hydrogen) atoms. The van der Waals surface area contributed by atoms with E-state index in [9.17, 15) is 9.18 Å². The van der Waals surface area contributed by atoms with Crippen LogP contribution >= 0.6 is 23.2 Å². The second kappa shape index (κ2) is 9.92. The highest BCUT2D eigenvalue weighted by atomic mass is 35.5. The van der Waals surface area contributed by atoms with Crippen LogP contribution in [0.2, 0.25) is 10.0 Å². The number of methoxy groups -OCH3 is 1. The molecule has 0 spiro atoms. The maximum absolute atomic E-state index is 13.1. The van der Waals surface area contributed by atoms with Crippen LogP contribution in [-0.2, 0) is 11.3 Å². The zero-order chi connectivity index (χ0) is 24.4. The number of amides is 1. The van der Waals surface area contributed by atoms with Gasteiger partial charge in [0.15, 0.2) is 0 Å². The van der Waals surface area contributed by atoms with Crippen molar-refractivity contribution in [3.05, 3.63) is 93.4 Å². The van der Waals surface area contributed by atoms with Gasteiger partial charge in [-0.15, -0.1) is 0 Å². The minimum Gasteiger partial charge on any atom is -0.496 e. The van der Waals surface area contributed by atoms with Gasteiger partial charge in [0.25, 0.3) is 0 Å². The van der Waals surface area contributed by atoms with Crippen molar-refractivity contribution in [2.24, 2.45) is 0 Å². The summed E-state index contributed by atoms with van der Waals surface area (Å²) in [5.74, 6) is 0.0349. The van der Waals surface area contributed by atoms with E-state index in [0.717, 1.165) is 33.2 Å². The molecule has 0 aliphatic carbocycles. The largest absolute Gasteiger partial charge is 0.496 e. The fourth-order valence-corrected chi connectivity index (χ4v) is 4.42. The Morgan fingerprint density at radius 2 is 1.85 bits per heavy atom. The van der Waals surface area contributed by atoms with Crippen LogP contribution in [0.5, 0.6) is 5.75 Å². The molecule has 4 nitrogen and oxygen atoms in total. The van der Waals surface area contributed by atoms with E-state index in [1.807, 2.05) is 26.0 Å². The first-order chi connectivity index (χ1) is 16.3. The normalized spacial score (nSPS) is 11.6. The smallest absolute Gasteiger partial charge is 0.244 e. The number of carbonyl (C=O) groups is 1. The predicted octanol–water partition coefficient (Wildman–Crippen LogP) is 7.58. The Labute approximate surface area is 206 Å². The summed E-state index contributed by atoms with van der Waals surface area (Å²) < 4.78 is 24.6. The van der Waals surface area contributed by atoms with Gasteiger partial charge in [-0.05, 0) is 55.3 Å². The monoisotopic (exact) mass is 497 g/mol. The van der Waals surface area contributed by atoms with E-state index in [4.69, 9.17) is 32.4 Å². The Kier molecular flexibility index (Phi) is 6.96. The molecule has 1 aromatic heterocycles. The first-order valence-corrected chi connectivity index (χ1v) is 11.3. The highest BCUT2D eigenvalue weighted by molar-refractivity contribution is 6.36. The second-order valence-electron chi connectivity index (χ2n) is 7.90. The zero-order valence-electron chi connectivity index (χ0n) is 18.8. The number of allylic oxidation sites excluding steroid dienone is 1. The topological polar surface area (TPSA) is 51.5 Å². The summed E-state index contributed by atoms with van der Waals surface area (Å²) in [6.45, 7) is 4.04. The van der Waals surface area contributed by atoms with Gasteiger partial charge in [-0.25, -0.2) is 4.39 Å². The molecule has 3 aromatic carbocycles. The maximum Gasteiger partial charge on any atom is 0.244 e. The van der Waals surface area contributed by atoms with Gasteiger partial charge in [0.2, 0.25) is 5.91 Å². The molecule has 0 unspecified atom stereocenters. The summed E-state index contributed by atoms with van der Waals surface area (Å²) in [5.41, 5.74) is 5.38. The van der Waals surface area contributed by atoms with Crippen molar-refractivity contribution < 1.29 is 18.3 Å². The molecule has 0 aliphatic rings. The van der Waals surface area contributed by atoms with Crippen molar-refractivity contribution in [2.45, 2.75) is 20.4 Å². The molecular weight excluding hydrogens is 476 g/mol. The molecule has 0 saturated heterocycles. The average Bonchev–Trinajstić information content (AvgIpc) is 3.22. The number of benzene rings is 3. The molecule has 7 heteroatoms. The number of furan rings is 1. The molecule has 4 rings (SSSR count). The van der Waals surface area contributed by atoms with Gasteiger partial charge >= 0.3 is 0 Å². The summed E-state index contributed by atoms with van der Waals surface area (Å²) in [6, 6.07) is 13.2. The first-order valence-electron chi connectivity index (χ1n) is 10.5. The van der Waals surface area contributed by atoms with Crippen molar-refractivity contribution in [1.82, 2.24) is 5.32 Å². The van der Waals surface area contributed by atoms with E-state index in [-0.39, 0.29) is 11.7 Å². The standard InChI is InChI=1S/C27H22Cl2FNO3/c1-15(10-25(32)31-13-17-4-7-19(30)8-5-17)21-12-22-23(20-9-6-18(28)11-24(20)29)14-34-27(22)16(2)26(21)33-3/h4-12,14H,13H2,1-3H3,(H,31,32)/b15-10+. The summed E-state index contributed by atoms with van der Waals surface area (Å²) in [4.78, 5) is 12.6. The molecule has 1 heterocycles. The van der Waals surface area contributed by atoms with E-state index in [2.05, 4.69) is 5.32 Å². The summed E-state index contributed by atoms with van der Waals surface area (Å²) in [5, 5.41) is 4.73. The molecular formula is C27H22Cl2FNO3. The summed E-state index contributed by atoms with van der Waals surface area (Å²) in [6.07, 6.45) is 3.17. The molecule has 174 valence electrons. The number of halogens is 3. The Bertz CT molecular complexity index is 1410. The van der Waals surface area contributed by atoms with Crippen molar-refractivity contribution in [1.29, 1.82) is 0 Å². The average molecular weight is 498 g/mol. The zero-order valence-corrected chi connectivity index (χ0v) is 20.4.